The molecule has 2 aliphatic rings. The maximum atomic E-state index is 13.3. The molecule has 1 aromatic heterocycles. The highest BCUT2D eigenvalue weighted by molar-refractivity contribution is 7.89. The SMILES string of the molecule is CN(C)c1ccc(S(=O)(=O)N2C[C@@H]3c4nccn4-c4ccccc4[C@@H]3C2)cc1. The summed E-state index contributed by atoms with van der Waals surface area (Å²) < 4.78 is 30.3. The highest BCUT2D eigenvalue weighted by Gasteiger charge is 2.45. The van der Waals surface area contributed by atoms with Crippen molar-refractivity contribution in [3.8, 4) is 5.69 Å². The van der Waals surface area contributed by atoms with Crippen LogP contribution in [0.15, 0.2) is 65.8 Å². The molecule has 0 bridgehead atoms. The van der Waals surface area contributed by atoms with Gasteiger partial charge in [-0.05, 0) is 35.9 Å². The maximum absolute atomic E-state index is 13.3. The number of hydrogen-bond donors (Lipinski definition) is 0. The summed E-state index contributed by atoms with van der Waals surface area (Å²) in [6.07, 6.45) is 3.76. The first-order chi connectivity index (χ1) is 13.5. The van der Waals surface area contributed by atoms with Crippen molar-refractivity contribution in [3.63, 3.8) is 0 Å². The maximum Gasteiger partial charge on any atom is 0.243 e. The third kappa shape index (κ3) is 2.50. The summed E-state index contributed by atoms with van der Waals surface area (Å²) >= 11 is 0. The van der Waals surface area contributed by atoms with E-state index in [1.807, 2.05) is 49.5 Å². The van der Waals surface area contributed by atoms with Crippen molar-refractivity contribution >= 4 is 15.7 Å². The highest BCUT2D eigenvalue weighted by Crippen LogP contribution is 2.46. The number of rotatable bonds is 3. The minimum absolute atomic E-state index is 0.0701. The summed E-state index contributed by atoms with van der Waals surface area (Å²) in [5.74, 6) is 1.15. The molecule has 2 atom stereocenters. The molecule has 1 saturated heterocycles. The summed E-state index contributed by atoms with van der Waals surface area (Å²) in [5, 5.41) is 0. The van der Waals surface area contributed by atoms with Gasteiger partial charge in [0.15, 0.2) is 0 Å². The number of benzene rings is 2. The molecule has 0 aliphatic carbocycles. The van der Waals surface area contributed by atoms with Gasteiger partial charge < -0.3 is 9.47 Å². The third-order valence-electron chi connectivity index (χ3n) is 5.87. The van der Waals surface area contributed by atoms with Gasteiger partial charge in [0.05, 0.1) is 10.6 Å². The first-order valence-corrected chi connectivity index (χ1v) is 10.8. The summed E-state index contributed by atoms with van der Waals surface area (Å²) in [7, 11) is 0.328. The average molecular weight is 395 g/mol. The Kier molecular flexibility index (Phi) is 3.86. The number of aromatic nitrogens is 2. The van der Waals surface area contributed by atoms with Gasteiger partial charge in [-0.15, -0.1) is 0 Å². The quantitative estimate of drug-likeness (QED) is 0.685. The van der Waals surface area contributed by atoms with E-state index in [1.54, 1.807) is 22.6 Å². The molecule has 0 spiro atoms. The molecule has 7 heteroatoms. The van der Waals surface area contributed by atoms with Crippen LogP contribution in [0.2, 0.25) is 0 Å². The Morgan fingerprint density at radius 2 is 1.71 bits per heavy atom. The fourth-order valence-electron chi connectivity index (χ4n) is 4.42. The lowest BCUT2D eigenvalue weighted by atomic mass is 9.84. The van der Waals surface area contributed by atoms with Gasteiger partial charge >= 0.3 is 0 Å². The lowest BCUT2D eigenvalue weighted by molar-refractivity contribution is 0.470. The second kappa shape index (κ2) is 6.18. The molecule has 5 rings (SSSR count). The van der Waals surface area contributed by atoms with Crippen molar-refractivity contribution in [2.45, 2.75) is 16.7 Å². The highest BCUT2D eigenvalue weighted by atomic mass is 32.2. The Hall–Kier alpha value is -2.64. The van der Waals surface area contributed by atoms with Crippen molar-refractivity contribution < 1.29 is 8.42 Å². The van der Waals surface area contributed by atoms with Crippen LogP contribution < -0.4 is 4.90 Å². The van der Waals surface area contributed by atoms with Crippen molar-refractivity contribution in [2.24, 2.45) is 0 Å². The summed E-state index contributed by atoms with van der Waals surface area (Å²) in [4.78, 5) is 6.85. The summed E-state index contributed by atoms with van der Waals surface area (Å²) in [6.45, 7) is 0.931. The number of fused-ring (bicyclic) bond motifs is 6. The molecule has 0 N–H and O–H groups in total. The topological polar surface area (TPSA) is 58.4 Å². The first-order valence-electron chi connectivity index (χ1n) is 9.37. The third-order valence-corrected chi connectivity index (χ3v) is 7.72. The lowest BCUT2D eigenvalue weighted by Crippen LogP contribution is -2.29. The zero-order valence-corrected chi connectivity index (χ0v) is 16.7. The minimum Gasteiger partial charge on any atom is -0.378 e. The monoisotopic (exact) mass is 394 g/mol. The van der Waals surface area contributed by atoms with Crippen LogP contribution in [0, 0.1) is 0 Å². The Morgan fingerprint density at radius 1 is 1.00 bits per heavy atom. The molecule has 3 heterocycles. The van der Waals surface area contributed by atoms with Gasteiger partial charge in [0.1, 0.15) is 5.82 Å². The molecule has 28 heavy (non-hydrogen) atoms. The number of para-hydroxylation sites is 1. The molecule has 144 valence electrons. The zero-order valence-electron chi connectivity index (χ0n) is 15.9. The lowest BCUT2D eigenvalue weighted by Gasteiger charge is -2.28. The smallest absolute Gasteiger partial charge is 0.243 e. The van der Waals surface area contributed by atoms with Crippen LogP contribution in [0.25, 0.3) is 5.69 Å². The van der Waals surface area contributed by atoms with Crippen molar-refractivity contribution in [3.05, 3.63) is 72.3 Å². The molecule has 0 saturated carbocycles. The van der Waals surface area contributed by atoms with Gasteiger partial charge in [-0.25, -0.2) is 13.4 Å². The molecule has 2 aliphatic heterocycles. The number of nitrogens with zero attached hydrogens (tertiary/aromatic N) is 4. The largest absolute Gasteiger partial charge is 0.378 e. The first kappa shape index (κ1) is 17.5. The molecule has 0 unspecified atom stereocenters. The molecule has 3 aromatic rings. The van der Waals surface area contributed by atoms with Crippen LogP contribution >= 0.6 is 0 Å². The Bertz CT molecular complexity index is 1140. The van der Waals surface area contributed by atoms with Crippen molar-refractivity contribution in [1.82, 2.24) is 13.9 Å². The molecule has 0 amide bonds. The van der Waals surface area contributed by atoms with E-state index < -0.39 is 10.0 Å². The fourth-order valence-corrected chi connectivity index (χ4v) is 5.91. The summed E-state index contributed by atoms with van der Waals surface area (Å²) in [5.41, 5.74) is 3.27. The van der Waals surface area contributed by atoms with Crippen LogP contribution in [0.4, 0.5) is 5.69 Å². The van der Waals surface area contributed by atoms with Gasteiger partial charge in [0, 0.05) is 57.1 Å². The zero-order chi connectivity index (χ0) is 19.5. The van der Waals surface area contributed by atoms with Crippen molar-refractivity contribution in [1.29, 1.82) is 0 Å². The second-order valence-electron chi connectivity index (χ2n) is 7.64. The standard InChI is InChI=1S/C21H22N4O2S/c1-23(2)15-7-9-16(10-8-15)28(26,27)24-13-18-17-5-3-4-6-20(17)25-12-11-22-21(25)19(18)14-24/h3-12,18-19H,13-14H2,1-2H3/t18-,19-/m0/s1. The van der Waals surface area contributed by atoms with E-state index in [1.165, 1.54) is 5.56 Å². The Labute approximate surface area is 165 Å². The van der Waals surface area contributed by atoms with E-state index >= 15 is 0 Å². The normalized spacial score (nSPS) is 21.1. The summed E-state index contributed by atoms with van der Waals surface area (Å²) in [6, 6.07) is 15.3. The van der Waals surface area contributed by atoms with E-state index in [-0.39, 0.29) is 11.8 Å². The predicted molar refractivity (Wildman–Crippen MR) is 109 cm³/mol. The van der Waals surface area contributed by atoms with Crippen LogP contribution in [0.5, 0.6) is 0 Å². The fraction of sp³-hybridized carbons (Fsp3) is 0.286. The van der Waals surface area contributed by atoms with Crippen LogP contribution in [0.3, 0.4) is 0 Å². The van der Waals surface area contributed by atoms with E-state index in [4.69, 9.17) is 0 Å². The molecular formula is C21H22N4O2S. The molecule has 2 aromatic carbocycles. The predicted octanol–water partition coefficient (Wildman–Crippen LogP) is 2.82. The van der Waals surface area contributed by atoms with E-state index in [2.05, 4.69) is 21.7 Å². The van der Waals surface area contributed by atoms with Crippen LogP contribution in [-0.4, -0.2) is 49.5 Å². The number of imidazole rings is 1. The van der Waals surface area contributed by atoms with Gasteiger partial charge in [-0.1, -0.05) is 18.2 Å². The second-order valence-corrected chi connectivity index (χ2v) is 9.58. The van der Waals surface area contributed by atoms with Crippen LogP contribution in [0.1, 0.15) is 23.2 Å². The van der Waals surface area contributed by atoms with E-state index in [0.29, 0.717) is 18.0 Å². The molecular weight excluding hydrogens is 372 g/mol. The van der Waals surface area contributed by atoms with Gasteiger partial charge in [-0.3, -0.25) is 0 Å². The van der Waals surface area contributed by atoms with Crippen LogP contribution in [-0.2, 0) is 10.0 Å². The number of anilines is 1. The van der Waals surface area contributed by atoms with Gasteiger partial charge in [-0.2, -0.15) is 4.31 Å². The molecule has 0 radical (unpaired) electrons. The minimum atomic E-state index is -3.55. The molecule has 6 nitrogen and oxygen atoms in total. The number of sulfonamides is 1. The van der Waals surface area contributed by atoms with E-state index in [0.717, 1.165) is 17.2 Å². The Balaban J connectivity index is 1.52. The number of hydrogen-bond acceptors (Lipinski definition) is 4. The average Bonchev–Trinajstić information content (AvgIpc) is 3.35. The van der Waals surface area contributed by atoms with Crippen molar-refractivity contribution in [2.75, 3.05) is 32.1 Å². The van der Waals surface area contributed by atoms with E-state index in [9.17, 15) is 8.42 Å². The molecule has 1 fully saturated rings. The Morgan fingerprint density at radius 3 is 2.46 bits per heavy atom. The van der Waals surface area contributed by atoms with Gasteiger partial charge in [0.25, 0.3) is 0 Å². The van der Waals surface area contributed by atoms with Gasteiger partial charge in [0.2, 0.25) is 10.0 Å².